The molecule has 296 valence electrons. The largest absolute Gasteiger partial charge is 0.748 e. The second kappa shape index (κ2) is 14.8. The van der Waals surface area contributed by atoms with E-state index < -0.39 is 74.7 Å². The Morgan fingerprint density at radius 1 is 0.891 bits per heavy atom. The Balaban J connectivity index is 1.30. The van der Waals surface area contributed by atoms with Gasteiger partial charge in [0.25, 0.3) is 0 Å². The van der Waals surface area contributed by atoms with E-state index in [0.29, 0.717) is 42.6 Å². The lowest BCUT2D eigenvalue weighted by molar-refractivity contribution is -0.650. The van der Waals surface area contributed by atoms with Gasteiger partial charge in [0.2, 0.25) is 5.69 Å². The van der Waals surface area contributed by atoms with Crippen molar-refractivity contribution in [3.8, 4) is 5.75 Å². The molecule has 1 fully saturated rings. The molecule has 2 aromatic carbocycles. The summed E-state index contributed by atoms with van der Waals surface area (Å²) < 4.78 is 123. The number of benzene rings is 2. The van der Waals surface area contributed by atoms with Crippen LogP contribution in [0.15, 0.2) is 88.5 Å². The van der Waals surface area contributed by atoms with E-state index in [1.807, 2.05) is 26.0 Å². The van der Waals surface area contributed by atoms with Crippen LogP contribution in [0, 0.1) is 0 Å². The van der Waals surface area contributed by atoms with Gasteiger partial charge in [-0.05, 0) is 81.0 Å². The van der Waals surface area contributed by atoms with E-state index in [1.54, 1.807) is 45.9 Å². The van der Waals surface area contributed by atoms with Crippen LogP contribution in [0.25, 0.3) is 0 Å². The number of carbonyl (C=O) groups is 1. The quantitative estimate of drug-likeness (QED) is 0.0922. The lowest BCUT2D eigenvalue weighted by Gasteiger charge is -2.27. The number of nitrogens with zero attached hydrogens (tertiary/aromatic N) is 2. The average Bonchev–Trinajstić information content (AvgIpc) is 3.77. The number of anilines is 1. The van der Waals surface area contributed by atoms with Gasteiger partial charge in [-0.15, -0.1) is 0 Å². The van der Waals surface area contributed by atoms with Gasteiger partial charge in [-0.2, -0.15) is 4.58 Å². The molecule has 2 aromatic rings. The predicted octanol–water partition coefficient (Wildman–Crippen LogP) is 2.19. The normalized spacial score (nSPS) is 23.5. The van der Waals surface area contributed by atoms with Crippen LogP contribution in [0.5, 0.6) is 5.75 Å². The van der Waals surface area contributed by atoms with Crippen LogP contribution in [-0.2, 0) is 56.9 Å². The van der Waals surface area contributed by atoms with Crippen molar-refractivity contribution in [2.75, 3.05) is 35.4 Å². The monoisotopic (exact) mass is 835 g/mol. The van der Waals surface area contributed by atoms with E-state index in [4.69, 9.17) is 4.74 Å². The van der Waals surface area contributed by atoms with Gasteiger partial charge in [0.1, 0.15) is 26.0 Å². The van der Waals surface area contributed by atoms with E-state index >= 15 is 0 Å². The fourth-order valence-electron chi connectivity index (χ4n) is 8.12. The van der Waals surface area contributed by atoms with E-state index in [0.717, 1.165) is 28.1 Å². The Morgan fingerprint density at radius 3 is 2.27 bits per heavy atom. The molecule has 4 aliphatic rings. The van der Waals surface area contributed by atoms with Crippen LogP contribution >= 0.6 is 0 Å². The molecule has 0 saturated heterocycles. The van der Waals surface area contributed by atoms with Crippen molar-refractivity contribution in [2.24, 2.45) is 0 Å². The third-order valence-corrected chi connectivity index (χ3v) is 13.3. The van der Waals surface area contributed by atoms with Gasteiger partial charge in [0.05, 0.1) is 31.9 Å². The van der Waals surface area contributed by atoms with E-state index in [-0.39, 0.29) is 23.7 Å². The summed E-state index contributed by atoms with van der Waals surface area (Å²) in [6.45, 7) is 3.60. The van der Waals surface area contributed by atoms with Crippen molar-refractivity contribution in [2.45, 2.75) is 55.3 Å². The van der Waals surface area contributed by atoms with Crippen molar-refractivity contribution in [1.29, 1.82) is 0 Å². The highest BCUT2D eigenvalue weighted by Crippen LogP contribution is 2.56. The van der Waals surface area contributed by atoms with E-state index in [2.05, 4.69) is 4.89 Å². The number of carbonyl (C=O) groups excluding carboxylic acids is 1. The molecule has 2 aliphatic heterocycles. The van der Waals surface area contributed by atoms with Gasteiger partial charge >= 0.3 is 5.30 Å². The summed E-state index contributed by atoms with van der Waals surface area (Å²) in [6, 6.07) is 9.20. The number of ether oxygens (including phenoxy) is 1. The molecular weight excluding hydrogens is 801 g/mol. The van der Waals surface area contributed by atoms with Gasteiger partial charge in [-0.3, -0.25) is 0 Å². The Labute approximate surface area is 320 Å². The number of hydrogen-bond donors (Lipinski definition) is 0. The average molecular weight is 836 g/mol. The summed E-state index contributed by atoms with van der Waals surface area (Å²) >= 11 is 0. The molecule has 0 N–H and O–H groups in total. The number of fused-ring (bicyclic) bond motifs is 6. The lowest BCUT2D eigenvalue weighted by Crippen LogP contribution is -2.30. The minimum absolute atomic E-state index is 0.0429. The molecular formula is C35H35N2O14S4-3. The van der Waals surface area contributed by atoms with Gasteiger partial charge < -0.3 is 33.4 Å². The Bertz CT molecular complexity index is 2490. The molecule has 3 atom stereocenters. The fraction of sp³-hybridized carbons (Fsp3) is 0.371. The van der Waals surface area contributed by atoms with Crippen molar-refractivity contribution >= 4 is 63.5 Å². The lowest BCUT2D eigenvalue weighted by atomic mass is 9.80. The van der Waals surface area contributed by atoms with Crippen LogP contribution in [0.2, 0.25) is 0 Å². The first-order valence-corrected chi connectivity index (χ1v) is 22.7. The zero-order valence-corrected chi connectivity index (χ0v) is 32.7. The van der Waals surface area contributed by atoms with Crippen molar-refractivity contribution in [3.63, 3.8) is 0 Å². The SMILES string of the molecule is CC12CCC(/C=C/C=C/C=C3\CCC4(C)C3=[N+](CCS(=O)(=O)[O-])c3ccc(OCS(=O)(=O)[O-])cc34)=C1N(CCS(=O)(=O)[O-])c1ccc(S(=O)C(=O)O[O-])cc12. The molecule has 6 rings (SSSR count). The first kappa shape index (κ1) is 40.6. The highest BCUT2D eigenvalue weighted by atomic mass is 32.2. The smallest absolute Gasteiger partial charge is 0.396 e. The molecule has 0 radical (unpaired) electrons. The minimum Gasteiger partial charge on any atom is -0.748 e. The van der Waals surface area contributed by atoms with Gasteiger partial charge in [0, 0.05) is 40.5 Å². The molecule has 55 heavy (non-hydrogen) atoms. The van der Waals surface area contributed by atoms with E-state index in [1.165, 1.54) is 18.2 Å². The molecule has 20 heteroatoms. The summed E-state index contributed by atoms with van der Waals surface area (Å²) in [5, 5.41) is 9.18. The summed E-state index contributed by atoms with van der Waals surface area (Å²) in [5.74, 6) is -2.25. The van der Waals surface area contributed by atoms with Crippen molar-refractivity contribution in [3.05, 3.63) is 94.7 Å². The Hall–Kier alpha value is -4.02. The zero-order valence-electron chi connectivity index (χ0n) is 29.5. The summed E-state index contributed by atoms with van der Waals surface area (Å²) in [4.78, 5) is 16.9. The highest BCUT2D eigenvalue weighted by molar-refractivity contribution is 7.99. The maximum absolute atomic E-state index is 12.6. The van der Waals surface area contributed by atoms with Crippen molar-refractivity contribution in [1.82, 2.24) is 0 Å². The standard InChI is InChI=1S/C35H38N2O14S4/c1-34-14-12-23(31(34)36(16-18-53(41,42)43)29-10-8-25(20-27(29)34)50-22-55(47,48)49)6-4-3-5-7-24-13-15-35(2)28-21-26(52(40)33(38)51-39)9-11-30(28)37(32(24)35)17-19-54(44,45)46/h3-11,20-21H,12-19,22H2,1-2H3,(H3-,39,41,42,43,44,45,46,47,48,49)/p-3. The summed E-state index contributed by atoms with van der Waals surface area (Å²) in [6.07, 6.45) is 11.4. The second-order valence-electron chi connectivity index (χ2n) is 13.9. The number of allylic oxidation sites excluding steroid dienone is 8. The topological polar surface area (TPSA) is 254 Å². The van der Waals surface area contributed by atoms with Crippen LogP contribution in [0.1, 0.15) is 50.7 Å². The Morgan fingerprint density at radius 2 is 1.60 bits per heavy atom. The summed E-state index contributed by atoms with van der Waals surface area (Å²) in [5.41, 5.74) is 4.48. The Kier molecular flexibility index (Phi) is 10.9. The molecule has 0 aromatic heterocycles. The molecule has 2 heterocycles. The van der Waals surface area contributed by atoms with Crippen molar-refractivity contribution < 1.29 is 67.4 Å². The first-order valence-electron chi connectivity index (χ1n) is 16.8. The second-order valence-corrected chi connectivity index (χ2v) is 19.7. The van der Waals surface area contributed by atoms with Crippen LogP contribution in [0.4, 0.5) is 16.2 Å². The minimum atomic E-state index is -4.66. The zero-order chi connectivity index (χ0) is 40.1. The molecule has 0 amide bonds. The number of rotatable bonds is 13. The van der Waals surface area contributed by atoms with Gasteiger partial charge in [-0.25, -0.2) is 34.3 Å². The van der Waals surface area contributed by atoms with Gasteiger partial charge in [0.15, 0.2) is 29.0 Å². The first-order chi connectivity index (χ1) is 25.6. The van der Waals surface area contributed by atoms with E-state index in [9.17, 15) is 53.2 Å². The molecule has 0 spiro atoms. The fourth-order valence-corrected chi connectivity index (χ4v) is 9.88. The van der Waals surface area contributed by atoms with Gasteiger partial charge in [-0.1, -0.05) is 30.4 Å². The van der Waals surface area contributed by atoms with Crippen LogP contribution in [0.3, 0.4) is 0 Å². The maximum atomic E-state index is 12.6. The highest BCUT2D eigenvalue weighted by Gasteiger charge is 2.54. The molecule has 1 saturated carbocycles. The molecule has 16 nitrogen and oxygen atoms in total. The number of hydrogen-bond acceptors (Lipinski definition) is 15. The molecule has 0 bridgehead atoms. The van der Waals surface area contributed by atoms with Crippen LogP contribution < -0.4 is 14.9 Å². The maximum Gasteiger partial charge on any atom is 0.396 e. The van der Waals surface area contributed by atoms with Crippen LogP contribution in [-0.4, -0.2) is 89.2 Å². The third kappa shape index (κ3) is 8.27. The predicted molar refractivity (Wildman–Crippen MR) is 194 cm³/mol. The molecule has 2 aliphatic carbocycles. The summed E-state index contributed by atoms with van der Waals surface area (Å²) in [7, 11) is -16.2. The molecule has 3 unspecified atom stereocenters. The third-order valence-electron chi connectivity index (χ3n) is 10.4.